The van der Waals surface area contributed by atoms with Gasteiger partial charge >= 0.3 is 6.03 Å². The zero-order valence-corrected chi connectivity index (χ0v) is 12.3. The van der Waals surface area contributed by atoms with Gasteiger partial charge in [0.1, 0.15) is 0 Å². The molecule has 2 N–H and O–H groups in total. The van der Waals surface area contributed by atoms with Crippen LogP contribution in [0.4, 0.5) is 4.79 Å². The zero-order valence-electron chi connectivity index (χ0n) is 12.3. The molecule has 18 heavy (non-hydrogen) atoms. The Morgan fingerprint density at radius 2 is 1.72 bits per heavy atom. The lowest BCUT2D eigenvalue weighted by atomic mass is 10.1. The van der Waals surface area contributed by atoms with Gasteiger partial charge in [0.05, 0.1) is 6.10 Å². The summed E-state index contributed by atoms with van der Waals surface area (Å²) in [5.74, 6) is -0.515. The number of carbonyl (C=O) groups excluding carboxylic acids is 2. The SMILES string of the molecule is CC(C)OCCC(C)C(=O)NC(=O)NC(C)(C)C. The topological polar surface area (TPSA) is 67.4 Å². The fraction of sp³-hybridized carbons (Fsp3) is 0.846. The average molecular weight is 258 g/mol. The van der Waals surface area contributed by atoms with Crippen LogP contribution in [0.3, 0.4) is 0 Å². The fourth-order valence-electron chi connectivity index (χ4n) is 1.22. The van der Waals surface area contributed by atoms with Gasteiger partial charge < -0.3 is 10.1 Å². The first-order valence-corrected chi connectivity index (χ1v) is 6.36. The molecule has 0 aliphatic heterocycles. The van der Waals surface area contributed by atoms with E-state index in [2.05, 4.69) is 10.6 Å². The van der Waals surface area contributed by atoms with E-state index in [9.17, 15) is 9.59 Å². The Morgan fingerprint density at radius 3 is 2.17 bits per heavy atom. The Bertz CT molecular complexity index is 282. The van der Waals surface area contributed by atoms with E-state index in [1.165, 1.54) is 0 Å². The van der Waals surface area contributed by atoms with Crippen LogP contribution >= 0.6 is 0 Å². The summed E-state index contributed by atoms with van der Waals surface area (Å²) < 4.78 is 5.37. The molecule has 0 radical (unpaired) electrons. The Hall–Kier alpha value is -1.10. The van der Waals surface area contributed by atoms with E-state index in [1.807, 2.05) is 34.6 Å². The summed E-state index contributed by atoms with van der Waals surface area (Å²) in [5.41, 5.74) is -0.353. The predicted octanol–water partition coefficient (Wildman–Crippen LogP) is 2.06. The third-order valence-electron chi connectivity index (χ3n) is 2.17. The maximum absolute atomic E-state index is 11.7. The van der Waals surface area contributed by atoms with Crippen LogP contribution in [0.15, 0.2) is 0 Å². The first kappa shape index (κ1) is 16.9. The van der Waals surface area contributed by atoms with Crippen molar-refractivity contribution in [3.63, 3.8) is 0 Å². The van der Waals surface area contributed by atoms with Crippen LogP contribution in [0.25, 0.3) is 0 Å². The van der Waals surface area contributed by atoms with Gasteiger partial charge in [0.2, 0.25) is 5.91 Å². The first-order chi connectivity index (χ1) is 8.11. The van der Waals surface area contributed by atoms with Gasteiger partial charge in [-0.05, 0) is 41.0 Å². The van der Waals surface area contributed by atoms with Gasteiger partial charge in [-0.3, -0.25) is 10.1 Å². The molecule has 3 amide bonds. The van der Waals surface area contributed by atoms with Crippen LogP contribution in [-0.4, -0.2) is 30.2 Å². The minimum absolute atomic E-state index is 0.157. The molecule has 0 spiro atoms. The Labute approximate surface area is 110 Å². The van der Waals surface area contributed by atoms with Gasteiger partial charge in [0.25, 0.3) is 0 Å². The second-order valence-electron chi connectivity index (χ2n) is 5.80. The van der Waals surface area contributed by atoms with E-state index in [0.29, 0.717) is 13.0 Å². The minimum Gasteiger partial charge on any atom is -0.379 e. The molecule has 0 bridgehead atoms. The molecule has 0 aromatic heterocycles. The van der Waals surface area contributed by atoms with E-state index in [-0.39, 0.29) is 23.5 Å². The quantitative estimate of drug-likeness (QED) is 0.793. The van der Waals surface area contributed by atoms with Crippen LogP contribution in [-0.2, 0) is 9.53 Å². The van der Waals surface area contributed by atoms with Gasteiger partial charge in [-0.1, -0.05) is 6.92 Å². The van der Waals surface area contributed by atoms with Crippen molar-refractivity contribution in [3.8, 4) is 0 Å². The number of carbonyl (C=O) groups is 2. The van der Waals surface area contributed by atoms with Crippen LogP contribution in [0, 0.1) is 5.92 Å². The smallest absolute Gasteiger partial charge is 0.321 e. The van der Waals surface area contributed by atoms with Crippen LogP contribution in [0.1, 0.15) is 48.0 Å². The Kier molecular flexibility index (Phi) is 6.91. The molecule has 0 aromatic carbocycles. The summed E-state index contributed by atoms with van der Waals surface area (Å²) in [7, 11) is 0. The lowest BCUT2D eigenvalue weighted by molar-refractivity contribution is -0.124. The molecule has 106 valence electrons. The molecule has 0 aliphatic carbocycles. The maximum Gasteiger partial charge on any atom is 0.321 e. The maximum atomic E-state index is 11.7. The minimum atomic E-state index is -0.455. The van der Waals surface area contributed by atoms with Crippen molar-refractivity contribution in [1.29, 1.82) is 0 Å². The van der Waals surface area contributed by atoms with Crippen molar-refractivity contribution in [2.45, 2.75) is 59.6 Å². The second kappa shape index (κ2) is 7.36. The van der Waals surface area contributed by atoms with Gasteiger partial charge in [-0.25, -0.2) is 4.79 Å². The molecule has 0 heterocycles. The van der Waals surface area contributed by atoms with Crippen molar-refractivity contribution in [1.82, 2.24) is 10.6 Å². The lowest BCUT2D eigenvalue weighted by Crippen LogP contribution is -2.49. The largest absolute Gasteiger partial charge is 0.379 e. The number of amides is 3. The number of hydrogen-bond donors (Lipinski definition) is 2. The monoisotopic (exact) mass is 258 g/mol. The van der Waals surface area contributed by atoms with Gasteiger partial charge in [0, 0.05) is 18.1 Å². The number of ether oxygens (including phenoxy) is 1. The second-order valence-corrected chi connectivity index (χ2v) is 5.80. The van der Waals surface area contributed by atoms with Crippen LogP contribution in [0.5, 0.6) is 0 Å². The Balaban J connectivity index is 3.97. The normalized spacial score (nSPS) is 13.3. The molecule has 5 heteroatoms. The molecule has 1 unspecified atom stereocenters. The summed E-state index contributed by atoms with van der Waals surface area (Å²) in [5, 5.41) is 5.01. The average Bonchev–Trinajstić information content (AvgIpc) is 2.13. The molecule has 0 saturated heterocycles. The van der Waals surface area contributed by atoms with E-state index in [1.54, 1.807) is 6.92 Å². The number of urea groups is 1. The molecule has 5 nitrogen and oxygen atoms in total. The molecule has 0 rings (SSSR count). The third kappa shape index (κ3) is 8.98. The summed E-state index contributed by atoms with van der Waals surface area (Å²) in [4.78, 5) is 23.2. The molecule has 0 aromatic rings. The van der Waals surface area contributed by atoms with Crippen LogP contribution in [0.2, 0.25) is 0 Å². The van der Waals surface area contributed by atoms with Crippen molar-refractivity contribution in [3.05, 3.63) is 0 Å². The highest BCUT2D eigenvalue weighted by atomic mass is 16.5. The van der Waals surface area contributed by atoms with E-state index in [4.69, 9.17) is 4.74 Å². The number of rotatable bonds is 5. The highest BCUT2D eigenvalue weighted by Gasteiger charge is 2.19. The van der Waals surface area contributed by atoms with Gasteiger partial charge in [-0.2, -0.15) is 0 Å². The van der Waals surface area contributed by atoms with Gasteiger partial charge in [0.15, 0.2) is 0 Å². The highest BCUT2D eigenvalue weighted by Crippen LogP contribution is 2.04. The summed E-state index contributed by atoms with van der Waals surface area (Å²) in [6, 6.07) is -0.455. The zero-order chi connectivity index (χ0) is 14.3. The summed E-state index contributed by atoms with van der Waals surface area (Å²) >= 11 is 0. The molecular weight excluding hydrogens is 232 g/mol. The van der Waals surface area contributed by atoms with Crippen molar-refractivity contribution >= 4 is 11.9 Å². The third-order valence-corrected chi connectivity index (χ3v) is 2.17. The van der Waals surface area contributed by atoms with E-state index in [0.717, 1.165) is 0 Å². The van der Waals surface area contributed by atoms with Crippen LogP contribution < -0.4 is 10.6 Å². The molecule has 0 aliphatic rings. The highest BCUT2D eigenvalue weighted by molar-refractivity contribution is 5.95. The molecule has 0 fully saturated rings. The lowest BCUT2D eigenvalue weighted by Gasteiger charge is -2.21. The Morgan fingerprint density at radius 1 is 1.17 bits per heavy atom. The first-order valence-electron chi connectivity index (χ1n) is 6.36. The fourth-order valence-corrected chi connectivity index (χ4v) is 1.22. The van der Waals surface area contributed by atoms with E-state index >= 15 is 0 Å². The summed E-state index contributed by atoms with van der Waals surface area (Å²) in [6.45, 7) is 11.8. The molecule has 0 saturated carbocycles. The number of nitrogens with one attached hydrogen (secondary N) is 2. The van der Waals surface area contributed by atoms with Crippen molar-refractivity contribution < 1.29 is 14.3 Å². The molecule has 1 atom stereocenters. The van der Waals surface area contributed by atoms with Crippen molar-refractivity contribution in [2.75, 3.05) is 6.61 Å². The van der Waals surface area contributed by atoms with Gasteiger partial charge in [-0.15, -0.1) is 0 Å². The predicted molar refractivity (Wildman–Crippen MR) is 71.3 cm³/mol. The summed E-state index contributed by atoms with van der Waals surface area (Å²) in [6.07, 6.45) is 0.761. The van der Waals surface area contributed by atoms with E-state index < -0.39 is 6.03 Å². The van der Waals surface area contributed by atoms with Crippen molar-refractivity contribution in [2.24, 2.45) is 5.92 Å². The standard InChI is InChI=1S/C13H26N2O3/c1-9(2)18-8-7-10(3)11(16)14-12(17)15-13(4,5)6/h9-10H,7-8H2,1-6H3,(H2,14,15,16,17). The number of imide groups is 1. The number of hydrogen-bond acceptors (Lipinski definition) is 3. The molecular formula is C13H26N2O3.